The molecule has 0 aliphatic carbocycles. The van der Waals surface area contributed by atoms with Gasteiger partial charge in [0.25, 0.3) is 0 Å². The summed E-state index contributed by atoms with van der Waals surface area (Å²) in [4.78, 5) is 20.5. The number of rotatable bonds is 2. The molecule has 3 aromatic rings. The van der Waals surface area contributed by atoms with Crippen LogP contribution in [0.5, 0.6) is 0 Å². The highest BCUT2D eigenvalue weighted by atomic mass is 32.1. The number of thiazole rings is 1. The minimum absolute atomic E-state index is 0.464. The maximum atomic E-state index is 11.8. The monoisotopic (exact) mass is 327 g/mol. The van der Waals surface area contributed by atoms with Gasteiger partial charge < -0.3 is 4.74 Å². The number of hydrogen-bond donors (Lipinski definition) is 1. The highest BCUT2D eigenvalue weighted by Crippen LogP contribution is 2.31. The molecule has 0 unspecified atom stereocenters. The van der Waals surface area contributed by atoms with E-state index in [4.69, 9.17) is 4.74 Å². The predicted octanol–water partition coefficient (Wildman–Crippen LogP) is 4.71. The van der Waals surface area contributed by atoms with Gasteiger partial charge in [0.05, 0.1) is 10.2 Å². The summed E-state index contributed by atoms with van der Waals surface area (Å²) in [5.41, 5.74) is 2.04. The second kappa shape index (κ2) is 5.96. The van der Waals surface area contributed by atoms with Crippen molar-refractivity contribution in [2.75, 3.05) is 5.32 Å². The standard InChI is InChI=1S/C17H17N3O2S/c1-17(2,3)22-16(21)19-12-6-7-13-14(9-12)23-15(20-13)11-5-4-8-18-10-11/h4-10H,1-3H3,(H,19,21). The van der Waals surface area contributed by atoms with E-state index in [0.29, 0.717) is 5.69 Å². The number of benzene rings is 1. The lowest BCUT2D eigenvalue weighted by Gasteiger charge is -2.19. The van der Waals surface area contributed by atoms with Crippen molar-refractivity contribution < 1.29 is 9.53 Å². The number of ether oxygens (including phenoxy) is 1. The van der Waals surface area contributed by atoms with Crippen LogP contribution in [0.2, 0.25) is 0 Å². The van der Waals surface area contributed by atoms with Crippen LogP contribution in [0.25, 0.3) is 20.8 Å². The molecule has 0 aliphatic rings. The van der Waals surface area contributed by atoms with Crippen molar-refractivity contribution >= 4 is 33.3 Å². The third kappa shape index (κ3) is 3.84. The summed E-state index contributed by atoms with van der Waals surface area (Å²) >= 11 is 1.56. The molecule has 1 aromatic carbocycles. The first-order chi connectivity index (χ1) is 10.9. The molecule has 0 aliphatic heterocycles. The molecule has 3 rings (SSSR count). The highest BCUT2D eigenvalue weighted by Gasteiger charge is 2.16. The fourth-order valence-corrected chi connectivity index (χ4v) is 3.03. The molecule has 23 heavy (non-hydrogen) atoms. The number of anilines is 1. The Bertz CT molecular complexity index is 838. The SMILES string of the molecule is CC(C)(C)OC(=O)Nc1ccc2nc(-c3cccnc3)sc2c1. The van der Waals surface area contributed by atoms with E-state index in [1.807, 2.05) is 51.1 Å². The molecular formula is C17H17N3O2S. The molecule has 0 bridgehead atoms. The number of aromatic nitrogens is 2. The van der Waals surface area contributed by atoms with Crippen molar-refractivity contribution in [2.45, 2.75) is 26.4 Å². The Morgan fingerprint density at radius 1 is 1.26 bits per heavy atom. The van der Waals surface area contributed by atoms with Crippen molar-refractivity contribution in [3.8, 4) is 10.6 Å². The van der Waals surface area contributed by atoms with Crippen molar-refractivity contribution in [3.05, 3.63) is 42.7 Å². The minimum atomic E-state index is -0.522. The van der Waals surface area contributed by atoms with Gasteiger partial charge in [-0.25, -0.2) is 9.78 Å². The van der Waals surface area contributed by atoms with Gasteiger partial charge in [0.1, 0.15) is 10.6 Å². The topological polar surface area (TPSA) is 64.1 Å². The average molecular weight is 327 g/mol. The zero-order valence-corrected chi connectivity index (χ0v) is 14.0. The molecule has 2 aromatic heterocycles. The Labute approximate surface area is 138 Å². The van der Waals surface area contributed by atoms with E-state index in [9.17, 15) is 4.79 Å². The van der Waals surface area contributed by atoms with Crippen LogP contribution in [0.1, 0.15) is 20.8 Å². The van der Waals surface area contributed by atoms with E-state index in [2.05, 4.69) is 15.3 Å². The fraction of sp³-hybridized carbons (Fsp3) is 0.235. The summed E-state index contributed by atoms with van der Waals surface area (Å²) in [6.45, 7) is 5.50. The van der Waals surface area contributed by atoms with Crippen LogP contribution in [0.3, 0.4) is 0 Å². The number of carbonyl (C=O) groups is 1. The first-order valence-corrected chi connectivity index (χ1v) is 8.03. The fourth-order valence-electron chi connectivity index (χ4n) is 2.04. The molecule has 5 nitrogen and oxygen atoms in total. The molecule has 0 fully saturated rings. The van der Waals surface area contributed by atoms with Gasteiger partial charge in [-0.3, -0.25) is 10.3 Å². The number of amides is 1. The average Bonchev–Trinajstić information content (AvgIpc) is 2.89. The molecule has 1 N–H and O–H groups in total. The molecule has 0 spiro atoms. The van der Waals surface area contributed by atoms with Crippen LogP contribution in [-0.4, -0.2) is 21.7 Å². The number of hydrogen-bond acceptors (Lipinski definition) is 5. The Morgan fingerprint density at radius 3 is 2.78 bits per heavy atom. The van der Waals surface area contributed by atoms with Gasteiger partial charge >= 0.3 is 6.09 Å². The number of fused-ring (bicyclic) bond motifs is 1. The van der Waals surface area contributed by atoms with E-state index in [1.165, 1.54) is 0 Å². The lowest BCUT2D eigenvalue weighted by Crippen LogP contribution is -2.27. The Balaban J connectivity index is 1.84. The first-order valence-electron chi connectivity index (χ1n) is 7.22. The summed E-state index contributed by atoms with van der Waals surface area (Å²) in [6, 6.07) is 9.47. The molecule has 2 heterocycles. The summed E-state index contributed by atoms with van der Waals surface area (Å²) < 4.78 is 6.26. The number of nitrogens with zero attached hydrogens (tertiary/aromatic N) is 2. The molecule has 1 amide bonds. The van der Waals surface area contributed by atoms with Crippen molar-refractivity contribution in [1.29, 1.82) is 0 Å². The number of pyridine rings is 1. The van der Waals surface area contributed by atoms with E-state index < -0.39 is 11.7 Å². The maximum Gasteiger partial charge on any atom is 0.412 e. The summed E-state index contributed by atoms with van der Waals surface area (Å²) in [7, 11) is 0. The normalized spacial score (nSPS) is 11.4. The number of nitrogens with one attached hydrogen (secondary N) is 1. The molecule has 6 heteroatoms. The lowest BCUT2D eigenvalue weighted by atomic mass is 10.2. The van der Waals surface area contributed by atoms with E-state index >= 15 is 0 Å². The highest BCUT2D eigenvalue weighted by molar-refractivity contribution is 7.21. The molecule has 0 atom stereocenters. The third-order valence-electron chi connectivity index (χ3n) is 2.94. The van der Waals surface area contributed by atoms with Crippen LogP contribution in [0, 0.1) is 0 Å². The maximum absolute atomic E-state index is 11.8. The summed E-state index contributed by atoms with van der Waals surface area (Å²) in [5, 5.41) is 3.65. The van der Waals surface area contributed by atoms with Crippen molar-refractivity contribution in [1.82, 2.24) is 9.97 Å². The Kier molecular flexibility index (Phi) is 4.00. The summed E-state index contributed by atoms with van der Waals surface area (Å²) in [6.07, 6.45) is 3.06. The Hall–Kier alpha value is -2.47. The zero-order chi connectivity index (χ0) is 16.4. The van der Waals surface area contributed by atoms with Gasteiger partial charge in [-0.05, 0) is 51.1 Å². The molecule has 0 saturated heterocycles. The van der Waals surface area contributed by atoms with E-state index in [0.717, 1.165) is 20.8 Å². The molecule has 0 radical (unpaired) electrons. The number of carbonyl (C=O) groups excluding carboxylic acids is 1. The molecule has 118 valence electrons. The van der Waals surface area contributed by atoms with Crippen LogP contribution < -0.4 is 5.32 Å². The minimum Gasteiger partial charge on any atom is -0.444 e. The molecule has 0 saturated carbocycles. The molecular weight excluding hydrogens is 310 g/mol. The van der Waals surface area contributed by atoms with Crippen LogP contribution in [-0.2, 0) is 4.74 Å². The second-order valence-corrected chi connectivity index (χ2v) is 7.10. The van der Waals surface area contributed by atoms with E-state index in [1.54, 1.807) is 23.7 Å². The van der Waals surface area contributed by atoms with Gasteiger partial charge in [0, 0.05) is 23.6 Å². The zero-order valence-electron chi connectivity index (χ0n) is 13.2. The van der Waals surface area contributed by atoms with Gasteiger partial charge in [0.15, 0.2) is 0 Å². The first kappa shape index (κ1) is 15.4. The lowest BCUT2D eigenvalue weighted by molar-refractivity contribution is 0.0636. The van der Waals surface area contributed by atoms with Gasteiger partial charge in [-0.15, -0.1) is 11.3 Å². The predicted molar refractivity (Wildman–Crippen MR) is 92.7 cm³/mol. The van der Waals surface area contributed by atoms with Gasteiger partial charge in [0.2, 0.25) is 0 Å². The van der Waals surface area contributed by atoms with Gasteiger partial charge in [-0.2, -0.15) is 0 Å². The largest absolute Gasteiger partial charge is 0.444 e. The van der Waals surface area contributed by atoms with Crippen LogP contribution in [0.4, 0.5) is 10.5 Å². The Morgan fingerprint density at radius 2 is 2.09 bits per heavy atom. The van der Waals surface area contributed by atoms with E-state index in [-0.39, 0.29) is 0 Å². The quantitative estimate of drug-likeness (QED) is 0.740. The van der Waals surface area contributed by atoms with Crippen LogP contribution >= 0.6 is 11.3 Å². The van der Waals surface area contributed by atoms with Gasteiger partial charge in [-0.1, -0.05) is 0 Å². The third-order valence-corrected chi connectivity index (χ3v) is 4.01. The van der Waals surface area contributed by atoms with Crippen LogP contribution in [0.15, 0.2) is 42.7 Å². The smallest absolute Gasteiger partial charge is 0.412 e. The second-order valence-electron chi connectivity index (χ2n) is 6.07. The van der Waals surface area contributed by atoms with Crippen molar-refractivity contribution in [2.24, 2.45) is 0 Å². The van der Waals surface area contributed by atoms with Crippen molar-refractivity contribution in [3.63, 3.8) is 0 Å². The summed E-state index contributed by atoms with van der Waals surface area (Å²) in [5.74, 6) is 0.